The number of amides is 1. The van der Waals surface area contributed by atoms with E-state index in [1.165, 1.54) is 5.56 Å². The van der Waals surface area contributed by atoms with E-state index >= 15 is 0 Å². The number of hydrogen-bond donors (Lipinski definition) is 3. The number of imidazole rings is 1. The number of carbonyl (C=O) groups excluding carboxylic acids is 1. The van der Waals surface area contributed by atoms with Crippen LogP contribution in [0.25, 0.3) is 16.6 Å². The Kier molecular flexibility index (Phi) is 6.40. The predicted molar refractivity (Wildman–Crippen MR) is 125 cm³/mol. The molecule has 0 saturated heterocycles. The van der Waals surface area contributed by atoms with Crippen molar-refractivity contribution >= 4 is 16.8 Å². The quantitative estimate of drug-likeness (QED) is 0.513. The van der Waals surface area contributed by atoms with Crippen LogP contribution in [0.4, 0.5) is 0 Å². The number of aromatic amines is 1. The zero-order valence-electron chi connectivity index (χ0n) is 19.4. The number of rotatable bonds is 7. The summed E-state index contributed by atoms with van der Waals surface area (Å²) in [6.07, 6.45) is 11.0. The van der Waals surface area contributed by atoms with E-state index < -0.39 is 5.60 Å². The van der Waals surface area contributed by atoms with Gasteiger partial charge in [-0.25, -0.2) is 4.98 Å². The van der Waals surface area contributed by atoms with Crippen LogP contribution in [0, 0.1) is 0 Å². The molecule has 1 saturated carbocycles. The van der Waals surface area contributed by atoms with E-state index in [1.54, 1.807) is 26.4 Å². The third-order valence-corrected chi connectivity index (χ3v) is 6.16. The molecule has 1 amide bonds. The topological polar surface area (TPSA) is 92.2 Å². The molecular formula is C25H34N4O3. The minimum atomic E-state index is -0.818. The first-order valence-electron chi connectivity index (χ1n) is 11.5. The SMILES string of the molecule is CC(C)c1c[nH]c2c(C(=O)N[C@H]3CC[C@H](OCC(C)(C)O)CC3)cc(-n3ccnc3)cc12. The van der Waals surface area contributed by atoms with E-state index in [4.69, 9.17) is 4.74 Å². The highest BCUT2D eigenvalue weighted by Crippen LogP contribution is 2.30. The van der Waals surface area contributed by atoms with E-state index in [2.05, 4.69) is 35.2 Å². The van der Waals surface area contributed by atoms with Gasteiger partial charge in [-0.2, -0.15) is 0 Å². The Balaban J connectivity index is 1.51. The predicted octanol–water partition coefficient (Wildman–Crippen LogP) is 4.31. The smallest absolute Gasteiger partial charge is 0.253 e. The molecule has 0 spiro atoms. The lowest BCUT2D eigenvalue weighted by atomic mass is 9.92. The number of benzene rings is 1. The summed E-state index contributed by atoms with van der Waals surface area (Å²) in [5.74, 6) is 0.284. The molecule has 2 aromatic heterocycles. The number of fused-ring (bicyclic) bond motifs is 1. The van der Waals surface area contributed by atoms with Crippen molar-refractivity contribution < 1.29 is 14.6 Å². The molecular weight excluding hydrogens is 404 g/mol. The lowest BCUT2D eigenvalue weighted by Gasteiger charge is -2.31. The number of H-pyrrole nitrogens is 1. The highest BCUT2D eigenvalue weighted by atomic mass is 16.5. The summed E-state index contributed by atoms with van der Waals surface area (Å²) in [6.45, 7) is 8.15. The van der Waals surface area contributed by atoms with Crippen molar-refractivity contribution in [1.82, 2.24) is 19.9 Å². The highest BCUT2D eigenvalue weighted by Gasteiger charge is 2.26. The molecule has 3 aromatic rings. The van der Waals surface area contributed by atoms with Crippen molar-refractivity contribution in [3.8, 4) is 5.69 Å². The van der Waals surface area contributed by atoms with Crippen LogP contribution in [-0.4, -0.2) is 49.9 Å². The molecule has 172 valence electrons. The van der Waals surface area contributed by atoms with Gasteiger partial charge in [-0.1, -0.05) is 13.8 Å². The second-order valence-electron chi connectivity index (χ2n) is 9.86. The summed E-state index contributed by atoms with van der Waals surface area (Å²) in [7, 11) is 0. The molecule has 0 aliphatic heterocycles. The highest BCUT2D eigenvalue weighted by molar-refractivity contribution is 6.07. The number of ether oxygens (including phenoxy) is 1. The standard InChI is InChI=1S/C25H34N4O3/c1-16(2)22-13-27-23-20(22)11-18(29-10-9-26-15-29)12-21(23)24(30)28-17-5-7-19(8-6-17)32-14-25(3,4)31/h9-13,15-17,19,27,31H,5-8,14H2,1-4H3,(H,28,30)/t17-,19-. The van der Waals surface area contributed by atoms with Crippen LogP contribution in [-0.2, 0) is 4.74 Å². The lowest BCUT2D eigenvalue weighted by Crippen LogP contribution is -2.40. The van der Waals surface area contributed by atoms with Gasteiger partial charge in [0.25, 0.3) is 5.91 Å². The summed E-state index contributed by atoms with van der Waals surface area (Å²) in [6, 6.07) is 4.17. The van der Waals surface area contributed by atoms with Crippen molar-refractivity contribution in [3.05, 3.63) is 48.2 Å². The van der Waals surface area contributed by atoms with Gasteiger partial charge in [-0.05, 0) is 63.1 Å². The van der Waals surface area contributed by atoms with Gasteiger partial charge in [0.2, 0.25) is 0 Å². The van der Waals surface area contributed by atoms with E-state index in [0.29, 0.717) is 18.1 Å². The van der Waals surface area contributed by atoms with Crippen LogP contribution < -0.4 is 5.32 Å². The molecule has 4 rings (SSSR count). The monoisotopic (exact) mass is 438 g/mol. The number of aliphatic hydroxyl groups is 1. The Morgan fingerprint density at radius 2 is 2.06 bits per heavy atom. The van der Waals surface area contributed by atoms with Crippen molar-refractivity contribution in [2.45, 2.75) is 77.0 Å². The Morgan fingerprint density at radius 3 is 2.69 bits per heavy atom. The van der Waals surface area contributed by atoms with Gasteiger partial charge >= 0.3 is 0 Å². The van der Waals surface area contributed by atoms with Gasteiger partial charge in [-0.3, -0.25) is 4.79 Å². The fourth-order valence-electron chi connectivity index (χ4n) is 4.41. The molecule has 1 aliphatic carbocycles. The molecule has 1 aromatic carbocycles. The summed E-state index contributed by atoms with van der Waals surface area (Å²) in [5, 5.41) is 14.2. The Bertz CT molecular complexity index is 1050. The molecule has 7 nitrogen and oxygen atoms in total. The van der Waals surface area contributed by atoms with Crippen LogP contribution >= 0.6 is 0 Å². The zero-order valence-corrected chi connectivity index (χ0v) is 19.4. The maximum Gasteiger partial charge on any atom is 0.253 e. The van der Waals surface area contributed by atoms with Crippen molar-refractivity contribution in [2.24, 2.45) is 0 Å². The molecule has 0 bridgehead atoms. The van der Waals surface area contributed by atoms with E-state index in [9.17, 15) is 9.90 Å². The molecule has 0 unspecified atom stereocenters. The molecule has 32 heavy (non-hydrogen) atoms. The van der Waals surface area contributed by atoms with Gasteiger partial charge in [-0.15, -0.1) is 0 Å². The van der Waals surface area contributed by atoms with E-state index in [0.717, 1.165) is 42.3 Å². The second-order valence-corrected chi connectivity index (χ2v) is 9.86. The van der Waals surface area contributed by atoms with Crippen LogP contribution in [0.2, 0.25) is 0 Å². The van der Waals surface area contributed by atoms with Crippen LogP contribution in [0.3, 0.4) is 0 Å². The number of nitrogens with one attached hydrogen (secondary N) is 2. The molecule has 1 aliphatic rings. The van der Waals surface area contributed by atoms with Gasteiger partial charge < -0.3 is 24.7 Å². The maximum absolute atomic E-state index is 13.3. The first kappa shape index (κ1) is 22.6. The summed E-state index contributed by atoms with van der Waals surface area (Å²) < 4.78 is 7.78. The Morgan fingerprint density at radius 1 is 1.31 bits per heavy atom. The average molecular weight is 439 g/mol. The first-order chi connectivity index (χ1) is 15.2. The molecule has 3 N–H and O–H groups in total. The van der Waals surface area contributed by atoms with Gasteiger partial charge in [0.1, 0.15) is 0 Å². The molecule has 0 radical (unpaired) electrons. The Hall–Kier alpha value is -2.64. The number of nitrogens with zero attached hydrogens (tertiary/aromatic N) is 2. The summed E-state index contributed by atoms with van der Waals surface area (Å²) in [4.78, 5) is 20.8. The largest absolute Gasteiger partial charge is 0.388 e. The number of carbonyl (C=O) groups is 1. The minimum Gasteiger partial charge on any atom is -0.388 e. The number of hydrogen-bond acceptors (Lipinski definition) is 4. The average Bonchev–Trinajstić information content (AvgIpc) is 3.42. The maximum atomic E-state index is 13.3. The third-order valence-electron chi connectivity index (χ3n) is 6.16. The molecule has 0 atom stereocenters. The summed E-state index contributed by atoms with van der Waals surface area (Å²) >= 11 is 0. The van der Waals surface area contributed by atoms with Crippen molar-refractivity contribution in [3.63, 3.8) is 0 Å². The van der Waals surface area contributed by atoms with Crippen molar-refractivity contribution in [2.75, 3.05) is 6.61 Å². The third kappa shape index (κ3) is 5.05. The second kappa shape index (κ2) is 9.08. The molecule has 2 heterocycles. The van der Waals surface area contributed by atoms with Gasteiger partial charge in [0, 0.05) is 35.7 Å². The minimum absolute atomic E-state index is 0.0602. The number of aromatic nitrogens is 3. The van der Waals surface area contributed by atoms with E-state index in [1.807, 2.05) is 23.0 Å². The van der Waals surface area contributed by atoms with Crippen LogP contribution in [0.1, 0.15) is 75.2 Å². The molecule has 1 fully saturated rings. The van der Waals surface area contributed by atoms with Gasteiger partial charge in [0.15, 0.2) is 0 Å². The molecule has 7 heteroatoms. The van der Waals surface area contributed by atoms with Crippen LogP contribution in [0.5, 0.6) is 0 Å². The lowest BCUT2D eigenvalue weighted by molar-refractivity contribution is -0.0640. The van der Waals surface area contributed by atoms with Gasteiger partial charge in [0.05, 0.1) is 35.7 Å². The zero-order chi connectivity index (χ0) is 22.9. The fourth-order valence-corrected chi connectivity index (χ4v) is 4.41. The van der Waals surface area contributed by atoms with E-state index in [-0.39, 0.29) is 18.1 Å². The Labute approximate surface area is 189 Å². The van der Waals surface area contributed by atoms with Crippen LogP contribution in [0.15, 0.2) is 37.1 Å². The normalized spacial score (nSPS) is 19.6. The summed E-state index contributed by atoms with van der Waals surface area (Å²) in [5.41, 5.74) is 2.82. The fraction of sp³-hybridized carbons (Fsp3) is 0.520. The first-order valence-corrected chi connectivity index (χ1v) is 11.5. The van der Waals surface area contributed by atoms with Crippen molar-refractivity contribution in [1.29, 1.82) is 0 Å².